The van der Waals surface area contributed by atoms with Gasteiger partial charge in [-0.25, -0.2) is 0 Å². The van der Waals surface area contributed by atoms with Crippen molar-refractivity contribution in [1.29, 1.82) is 0 Å². The summed E-state index contributed by atoms with van der Waals surface area (Å²) in [6, 6.07) is 18.6. The van der Waals surface area contributed by atoms with Gasteiger partial charge < -0.3 is 29.8 Å². The van der Waals surface area contributed by atoms with Gasteiger partial charge in [-0.05, 0) is 35.4 Å². The summed E-state index contributed by atoms with van der Waals surface area (Å²) in [6.45, 7) is 0.0864. The Bertz CT molecular complexity index is 1390. The Kier molecular flexibility index (Phi) is 8.20. The first-order valence-corrected chi connectivity index (χ1v) is 12.0. The van der Waals surface area contributed by atoms with E-state index in [-0.39, 0.29) is 23.9 Å². The molecule has 0 unspecified atom stereocenters. The van der Waals surface area contributed by atoms with Crippen LogP contribution >= 0.6 is 11.6 Å². The summed E-state index contributed by atoms with van der Waals surface area (Å²) in [5, 5.41) is 7.25. The van der Waals surface area contributed by atoms with Gasteiger partial charge in [-0.3, -0.25) is 9.59 Å². The van der Waals surface area contributed by atoms with E-state index >= 15 is 0 Å². The maximum atomic E-state index is 12.8. The highest BCUT2D eigenvalue weighted by Gasteiger charge is 2.22. The number of rotatable bonds is 10. The average Bonchev–Trinajstić information content (AvgIpc) is 3.35. The number of hydrogen-bond acceptors (Lipinski definition) is 5. The van der Waals surface area contributed by atoms with Crippen LogP contribution in [0.4, 0.5) is 0 Å². The minimum absolute atomic E-state index is 0.195. The number of carbonyl (C=O) groups is 2. The minimum Gasteiger partial charge on any atom is -0.493 e. The van der Waals surface area contributed by atoms with E-state index in [0.29, 0.717) is 28.8 Å². The highest BCUT2D eigenvalue weighted by atomic mass is 35.5. The Balaban J connectivity index is 1.47. The van der Waals surface area contributed by atoms with Gasteiger partial charge in [0.25, 0.3) is 5.91 Å². The van der Waals surface area contributed by atoms with Gasteiger partial charge in [0.15, 0.2) is 11.5 Å². The van der Waals surface area contributed by atoms with Gasteiger partial charge in [0.05, 0.1) is 27.9 Å². The molecular weight excluding hydrogens is 494 g/mol. The van der Waals surface area contributed by atoms with E-state index in [4.69, 9.17) is 25.8 Å². The van der Waals surface area contributed by atoms with Crippen molar-refractivity contribution in [3.05, 3.63) is 88.6 Å². The van der Waals surface area contributed by atoms with E-state index in [1.165, 1.54) is 33.5 Å². The van der Waals surface area contributed by atoms with E-state index in [9.17, 15) is 9.59 Å². The fourth-order valence-corrected chi connectivity index (χ4v) is 4.55. The van der Waals surface area contributed by atoms with E-state index in [2.05, 4.69) is 15.6 Å². The number of fused-ring (bicyclic) bond motifs is 1. The van der Waals surface area contributed by atoms with Gasteiger partial charge in [0, 0.05) is 40.1 Å². The zero-order chi connectivity index (χ0) is 26.4. The molecule has 9 heteroatoms. The molecule has 192 valence electrons. The number of hydrogen-bond donors (Lipinski definition) is 3. The molecule has 3 N–H and O–H groups in total. The molecule has 0 aliphatic carbocycles. The highest BCUT2D eigenvalue weighted by Crippen LogP contribution is 2.38. The van der Waals surface area contributed by atoms with Gasteiger partial charge in [-0.15, -0.1) is 0 Å². The molecule has 0 saturated heterocycles. The van der Waals surface area contributed by atoms with Crippen molar-refractivity contribution in [2.24, 2.45) is 0 Å². The monoisotopic (exact) mass is 521 g/mol. The zero-order valence-corrected chi connectivity index (χ0v) is 21.5. The van der Waals surface area contributed by atoms with Crippen LogP contribution in [0.5, 0.6) is 17.2 Å². The van der Waals surface area contributed by atoms with E-state index < -0.39 is 5.91 Å². The first-order valence-electron chi connectivity index (χ1n) is 11.6. The number of amides is 2. The Morgan fingerprint density at radius 1 is 0.892 bits per heavy atom. The van der Waals surface area contributed by atoms with Crippen LogP contribution in [0.15, 0.2) is 66.9 Å². The van der Waals surface area contributed by atoms with Crippen LogP contribution < -0.4 is 24.8 Å². The third-order valence-corrected chi connectivity index (χ3v) is 6.46. The Labute approximate surface area is 219 Å². The van der Waals surface area contributed by atoms with Crippen molar-refractivity contribution in [3.63, 3.8) is 0 Å². The van der Waals surface area contributed by atoms with Crippen molar-refractivity contribution >= 4 is 34.3 Å². The lowest BCUT2D eigenvalue weighted by atomic mass is 9.90. The van der Waals surface area contributed by atoms with E-state index in [0.717, 1.165) is 22.0 Å². The average molecular weight is 522 g/mol. The van der Waals surface area contributed by atoms with Crippen molar-refractivity contribution in [2.45, 2.75) is 5.92 Å². The number of H-pyrrole nitrogens is 1. The number of nitrogens with one attached hydrogen (secondary N) is 3. The van der Waals surface area contributed by atoms with Gasteiger partial charge in [0.1, 0.15) is 0 Å². The number of benzene rings is 3. The lowest BCUT2D eigenvalue weighted by molar-refractivity contribution is -0.120. The highest BCUT2D eigenvalue weighted by molar-refractivity contribution is 6.31. The molecule has 0 bridgehead atoms. The summed E-state index contributed by atoms with van der Waals surface area (Å²) in [7, 11) is 4.42. The maximum absolute atomic E-state index is 12.8. The minimum atomic E-state index is -0.450. The van der Waals surface area contributed by atoms with Gasteiger partial charge in [-0.2, -0.15) is 0 Å². The van der Waals surface area contributed by atoms with Crippen LogP contribution in [0.3, 0.4) is 0 Å². The summed E-state index contributed by atoms with van der Waals surface area (Å²) in [5.41, 5.74) is 3.19. The summed E-state index contributed by atoms with van der Waals surface area (Å²) in [6.07, 6.45) is 1.94. The molecule has 0 aliphatic rings. The Morgan fingerprint density at radius 2 is 1.57 bits per heavy atom. The predicted molar refractivity (Wildman–Crippen MR) is 143 cm³/mol. The summed E-state index contributed by atoms with van der Waals surface area (Å²) in [4.78, 5) is 28.8. The second-order valence-corrected chi connectivity index (χ2v) is 8.67. The molecule has 1 atom stereocenters. The van der Waals surface area contributed by atoms with Gasteiger partial charge >= 0.3 is 0 Å². The smallest absolute Gasteiger partial charge is 0.251 e. The number of para-hydroxylation sites is 1. The van der Waals surface area contributed by atoms with Crippen LogP contribution in [0.2, 0.25) is 5.02 Å². The van der Waals surface area contributed by atoms with Crippen molar-refractivity contribution in [3.8, 4) is 17.2 Å². The van der Waals surface area contributed by atoms with Crippen molar-refractivity contribution < 1.29 is 23.8 Å². The lowest BCUT2D eigenvalue weighted by Crippen LogP contribution is -2.38. The van der Waals surface area contributed by atoms with Gasteiger partial charge in [-0.1, -0.05) is 48.0 Å². The van der Waals surface area contributed by atoms with Crippen LogP contribution in [0.1, 0.15) is 27.4 Å². The SMILES string of the molecule is COc1cc(C(=O)NCC(=O)NC[C@@H](c2ccccc2Cl)c2c[nH]c3ccccc23)cc(OC)c1OC. The quantitative estimate of drug-likeness (QED) is 0.285. The Morgan fingerprint density at radius 3 is 2.24 bits per heavy atom. The second-order valence-electron chi connectivity index (χ2n) is 8.26. The number of halogens is 1. The molecule has 0 aliphatic heterocycles. The van der Waals surface area contributed by atoms with Gasteiger partial charge in [0.2, 0.25) is 11.7 Å². The molecule has 1 heterocycles. The summed E-state index contributed by atoms with van der Waals surface area (Å²) < 4.78 is 15.9. The third-order valence-electron chi connectivity index (χ3n) is 6.12. The first-order chi connectivity index (χ1) is 18.0. The van der Waals surface area contributed by atoms with Crippen LogP contribution in [0, 0.1) is 0 Å². The van der Waals surface area contributed by atoms with Crippen molar-refractivity contribution in [1.82, 2.24) is 15.6 Å². The molecule has 0 saturated carbocycles. The van der Waals surface area contributed by atoms with Crippen LogP contribution in [-0.4, -0.2) is 51.2 Å². The zero-order valence-electron chi connectivity index (χ0n) is 20.8. The molecule has 4 rings (SSSR count). The number of methoxy groups -OCH3 is 3. The molecule has 0 radical (unpaired) electrons. The molecule has 4 aromatic rings. The molecule has 0 spiro atoms. The molecule has 0 fully saturated rings. The molecule has 3 aromatic carbocycles. The molecule has 37 heavy (non-hydrogen) atoms. The van der Waals surface area contributed by atoms with Crippen LogP contribution in [0.25, 0.3) is 10.9 Å². The maximum Gasteiger partial charge on any atom is 0.251 e. The van der Waals surface area contributed by atoms with Crippen LogP contribution in [-0.2, 0) is 4.79 Å². The summed E-state index contributed by atoms with van der Waals surface area (Å²) in [5.74, 6) is 0.0868. The number of ether oxygens (including phenoxy) is 3. The predicted octanol–water partition coefficient (Wildman–Crippen LogP) is 4.53. The number of aromatic amines is 1. The Hall–Kier alpha value is -4.17. The largest absolute Gasteiger partial charge is 0.493 e. The molecule has 8 nitrogen and oxygen atoms in total. The molecular formula is C28H28ClN3O5. The third kappa shape index (κ3) is 5.65. The fraction of sp³-hybridized carbons (Fsp3) is 0.214. The van der Waals surface area contributed by atoms with E-state index in [1.807, 2.05) is 54.7 Å². The lowest BCUT2D eigenvalue weighted by Gasteiger charge is -2.19. The number of aromatic nitrogens is 1. The molecule has 2 amide bonds. The summed E-state index contributed by atoms with van der Waals surface area (Å²) >= 11 is 6.53. The second kappa shape index (κ2) is 11.7. The normalized spacial score (nSPS) is 11.6. The number of carbonyl (C=O) groups excluding carboxylic acids is 2. The fourth-order valence-electron chi connectivity index (χ4n) is 4.28. The topological polar surface area (TPSA) is 102 Å². The van der Waals surface area contributed by atoms with E-state index in [1.54, 1.807) is 0 Å². The van der Waals surface area contributed by atoms with Crippen molar-refractivity contribution in [2.75, 3.05) is 34.4 Å². The molecule has 1 aromatic heterocycles. The standard InChI is InChI=1S/C28H28ClN3O5/c1-35-24-12-17(13-25(36-2)27(24)37-3)28(34)32-16-26(33)31-15-20(18-8-4-6-10-22(18)29)21-14-30-23-11-7-5-9-19(21)23/h4-14,20,30H,15-16H2,1-3H3,(H,31,33)(H,32,34)/t20-/m0/s1. The first kappa shape index (κ1) is 25.9.